The molecule has 0 radical (unpaired) electrons. The van der Waals surface area contributed by atoms with E-state index in [-0.39, 0.29) is 75.7 Å². The molecule has 68 heavy (non-hydrogen) atoms. The summed E-state index contributed by atoms with van der Waals surface area (Å²) in [6, 6.07) is -0.149. The lowest BCUT2D eigenvalue weighted by atomic mass is 9.41. The number of carboxylic acids is 1. The average Bonchev–Trinajstić information content (AvgIpc) is 3.97. The number of fused-ring (bicyclic) bond motifs is 10. The maximum atomic E-state index is 15.2. The summed E-state index contributed by atoms with van der Waals surface area (Å²) in [6.45, 7) is 13.1. The second kappa shape index (κ2) is 18.2. The zero-order chi connectivity index (χ0) is 49.1. The van der Waals surface area contributed by atoms with Crippen molar-refractivity contribution in [3.8, 4) is 0 Å². The molecule has 1 aromatic heterocycles. The van der Waals surface area contributed by atoms with Gasteiger partial charge in [-0.15, -0.1) is 5.10 Å². The van der Waals surface area contributed by atoms with Gasteiger partial charge in [-0.2, -0.15) is 8.78 Å². The van der Waals surface area contributed by atoms with Crippen LogP contribution in [0.25, 0.3) is 0 Å². The van der Waals surface area contributed by atoms with E-state index in [0.29, 0.717) is 61.7 Å². The van der Waals surface area contributed by atoms with Gasteiger partial charge in [0.25, 0.3) is 0 Å². The average molecular weight is 978 g/mol. The Hall–Kier alpha value is -1.94. The number of aryl methyl sites for hydroxylation is 1. The minimum Gasteiger partial charge on any atom is -0.477 e. The highest BCUT2D eigenvalue weighted by Crippen LogP contribution is 2.72. The first-order chi connectivity index (χ1) is 31.9. The summed E-state index contributed by atoms with van der Waals surface area (Å²) >= 11 is 0. The van der Waals surface area contributed by atoms with Gasteiger partial charge < -0.3 is 29.9 Å². The van der Waals surface area contributed by atoms with E-state index in [1.807, 2.05) is 0 Å². The summed E-state index contributed by atoms with van der Waals surface area (Å²) in [7, 11) is -3.61. The largest absolute Gasteiger partial charge is 0.477 e. The minimum atomic E-state index is -3.83. The lowest BCUT2D eigenvalue weighted by molar-refractivity contribution is -0.209. The minimum absolute atomic E-state index is 0.00816. The molecular weight excluding hydrogens is 893 g/mol. The summed E-state index contributed by atoms with van der Waals surface area (Å²) in [6.07, 6.45) is 15.8. The van der Waals surface area contributed by atoms with Crippen molar-refractivity contribution in [2.75, 3.05) is 11.0 Å². The third-order valence-electron chi connectivity index (χ3n) is 23.1. The van der Waals surface area contributed by atoms with Gasteiger partial charge in [0.05, 0.1) is 30.7 Å². The second-order valence-corrected chi connectivity index (χ2v) is 27.4. The van der Waals surface area contributed by atoms with E-state index < -0.39 is 57.5 Å². The number of hydrogen-bond donors (Lipinski definition) is 6. The van der Waals surface area contributed by atoms with Gasteiger partial charge >= 0.3 is 17.9 Å². The lowest BCUT2D eigenvalue weighted by Crippen LogP contribution is -2.62. The van der Waals surface area contributed by atoms with Gasteiger partial charge in [0.2, 0.25) is 15.9 Å². The quantitative estimate of drug-likeness (QED) is 0.104. The number of rotatable bonds is 14. The van der Waals surface area contributed by atoms with Crippen LogP contribution >= 0.6 is 0 Å². The number of nitrogens with one attached hydrogen (secondary N) is 1. The summed E-state index contributed by atoms with van der Waals surface area (Å²) in [5, 5.41) is 65.3. The van der Waals surface area contributed by atoms with Crippen LogP contribution in [0.5, 0.6) is 0 Å². The number of hydrogen-bond acceptors (Lipinski definition) is 10. The Balaban J connectivity index is 0.982. The van der Waals surface area contributed by atoms with Gasteiger partial charge in [0, 0.05) is 12.3 Å². The van der Waals surface area contributed by atoms with Crippen molar-refractivity contribution in [3.05, 3.63) is 5.89 Å². The van der Waals surface area contributed by atoms with E-state index in [9.17, 15) is 38.7 Å². The topological polar surface area (TPSA) is 203 Å². The van der Waals surface area contributed by atoms with Crippen molar-refractivity contribution in [2.24, 2.45) is 105 Å². The molecule has 8 aliphatic rings. The van der Waals surface area contributed by atoms with Gasteiger partial charge in [-0.05, 0) is 201 Å². The summed E-state index contributed by atoms with van der Waals surface area (Å²) in [5.74, 6) is -5.05. The fourth-order valence-corrected chi connectivity index (χ4v) is 20.3. The Labute approximate surface area is 404 Å². The molecule has 0 aliphatic heterocycles. The first-order valence-electron chi connectivity index (χ1n) is 27.0. The van der Waals surface area contributed by atoms with E-state index in [4.69, 9.17) is 4.42 Å². The summed E-state index contributed by atoms with van der Waals surface area (Å²) in [4.78, 5) is 11.8. The molecule has 8 aliphatic carbocycles. The molecule has 0 amide bonds. The molecule has 1 aromatic rings. The second-order valence-electron chi connectivity index (χ2n) is 25.7. The Morgan fingerprint density at radius 1 is 0.735 bits per heavy atom. The number of nitrogens with zero attached hydrogens (tertiary/aromatic N) is 2. The van der Waals surface area contributed by atoms with Crippen molar-refractivity contribution in [3.63, 3.8) is 0 Å². The van der Waals surface area contributed by atoms with Gasteiger partial charge in [0.1, 0.15) is 0 Å². The number of anilines is 1. The number of aliphatic hydroxyl groups excluding tert-OH is 4. The SMILES string of the molecule is CC[C@H]1[C@@H](O)C2C3CC[C@H](C(CCC[C@H]4[C@@H](O)C5C6CC[C@H]([C@H](C)C(F)(F)C(=O)O)[C@@]6(C)CCC5[C@@]5(C)CC[C@@H](O)C[C@@H]45)CCc4nnc(NS(C)(=O)=O)o4)[C@@]3(C)CCC2[C@@]2(C)CC[C@@H](O)C[C@@H]12. The fraction of sp³-hybridized carbons (Fsp3) is 0.943. The Morgan fingerprint density at radius 3 is 1.78 bits per heavy atom. The van der Waals surface area contributed by atoms with Crippen LogP contribution in [-0.2, 0) is 21.2 Å². The van der Waals surface area contributed by atoms with Crippen LogP contribution in [0.1, 0.15) is 169 Å². The molecular formula is C53H85F2N3O9S. The van der Waals surface area contributed by atoms with E-state index in [1.165, 1.54) is 6.92 Å². The predicted molar refractivity (Wildman–Crippen MR) is 253 cm³/mol. The molecule has 6 N–H and O–H groups in total. The highest BCUT2D eigenvalue weighted by Gasteiger charge is 2.68. The van der Waals surface area contributed by atoms with E-state index in [1.54, 1.807) is 0 Å². The molecule has 7 unspecified atom stereocenters. The number of aliphatic carboxylic acids is 1. The maximum absolute atomic E-state index is 15.2. The molecule has 0 bridgehead atoms. The fourth-order valence-electron chi connectivity index (χ4n) is 19.9. The number of aliphatic hydroxyl groups is 4. The number of carbonyl (C=O) groups is 1. The third kappa shape index (κ3) is 8.31. The first kappa shape index (κ1) is 51.0. The predicted octanol–water partition coefficient (Wildman–Crippen LogP) is 9.36. The number of alkyl halides is 2. The van der Waals surface area contributed by atoms with Crippen LogP contribution in [-0.4, -0.2) is 86.7 Å². The van der Waals surface area contributed by atoms with Gasteiger partial charge in [-0.3, -0.25) is 0 Å². The number of halogens is 2. The number of carboxylic acid groups (broad SMARTS) is 1. The molecule has 0 spiro atoms. The monoisotopic (exact) mass is 978 g/mol. The summed E-state index contributed by atoms with van der Waals surface area (Å²) < 4.78 is 62.6. The molecule has 0 aromatic carbocycles. The van der Waals surface area contributed by atoms with Gasteiger partial charge in [-0.25, -0.2) is 17.9 Å². The molecule has 22 atom stereocenters. The molecule has 0 saturated heterocycles. The van der Waals surface area contributed by atoms with Crippen LogP contribution in [0.4, 0.5) is 14.8 Å². The lowest BCUT2D eigenvalue weighted by Gasteiger charge is -2.65. The standard InChI is InChI=1S/C53H85F2N3O9S/c1-8-32-40-26-30(59)18-22-51(40,5)38-21-25-50(4)35(14-16-37(50)43(38)45(32)61)29(12-17-42-56-57-48(67-42)58-68(7,65)66)10-9-11-33-41-27-31(60)19-23-52(41,6)39-20-24-49(3)34(28(2)53(54,55)47(63)64)13-15-36(49)44(39)46(33)62/h28-41,43-46,59-62H,8-27H2,1-7H3,(H,57,58)(H,63,64)/t28-,29?,30+,31+,32+,33+,34+,35+,36?,37?,38?,39?,40-,41-,43?,44?,45+,46+,49+,50+,51+,52+/m0/s1. The van der Waals surface area contributed by atoms with Crippen LogP contribution in [0.15, 0.2) is 4.42 Å². The van der Waals surface area contributed by atoms with E-state index in [2.05, 4.69) is 49.5 Å². The third-order valence-corrected chi connectivity index (χ3v) is 23.6. The van der Waals surface area contributed by atoms with Gasteiger partial charge in [-0.1, -0.05) is 65.9 Å². The zero-order valence-electron chi connectivity index (χ0n) is 42.0. The highest BCUT2D eigenvalue weighted by molar-refractivity contribution is 7.91. The molecule has 8 fully saturated rings. The van der Waals surface area contributed by atoms with Crippen LogP contribution < -0.4 is 4.72 Å². The maximum Gasteiger partial charge on any atom is 0.374 e. The highest BCUT2D eigenvalue weighted by atomic mass is 32.2. The normalized spacial score (nSPS) is 47.7. The Bertz CT molecular complexity index is 2110. The van der Waals surface area contributed by atoms with Gasteiger partial charge in [0.15, 0.2) is 0 Å². The van der Waals surface area contributed by atoms with Crippen LogP contribution in [0, 0.1) is 105 Å². The number of sulfonamides is 1. The van der Waals surface area contributed by atoms with E-state index >= 15 is 8.78 Å². The Kier molecular flexibility index (Phi) is 13.7. The molecule has 15 heteroatoms. The molecule has 386 valence electrons. The Morgan fingerprint density at radius 2 is 1.24 bits per heavy atom. The molecule has 9 rings (SSSR count). The smallest absolute Gasteiger partial charge is 0.374 e. The number of aromatic nitrogens is 2. The van der Waals surface area contributed by atoms with E-state index in [0.717, 1.165) is 103 Å². The van der Waals surface area contributed by atoms with Crippen molar-refractivity contribution in [1.82, 2.24) is 10.2 Å². The van der Waals surface area contributed by atoms with Crippen molar-refractivity contribution < 1.29 is 51.9 Å². The van der Waals surface area contributed by atoms with Crippen molar-refractivity contribution in [1.29, 1.82) is 0 Å². The molecule has 1 heterocycles. The molecule has 12 nitrogen and oxygen atoms in total. The zero-order valence-corrected chi connectivity index (χ0v) is 42.8. The first-order valence-corrected chi connectivity index (χ1v) is 28.9. The van der Waals surface area contributed by atoms with Crippen molar-refractivity contribution >= 4 is 22.0 Å². The van der Waals surface area contributed by atoms with Crippen LogP contribution in [0.2, 0.25) is 0 Å². The summed E-state index contributed by atoms with van der Waals surface area (Å²) in [5.41, 5.74) is -0.542. The molecule has 8 saturated carbocycles. The van der Waals surface area contributed by atoms with Crippen LogP contribution in [0.3, 0.4) is 0 Å². The van der Waals surface area contributed by atoms with Crippen molar-refractivity contribution in [2.45, 2.75) is 200 Å².